The zero-order chi connectivity index (χ0) is 25.9. The number of carbonyl (C=O) groups excluding carboxylic acids is 2. The summed E-state index contributed by atoms with van der Waals surface area (Å²) in [6.45, 7) is 1.84. The van der Waals surface area contributed by atoms with Crippen LogP contribution in [0.15, 0.2) is 78.9 Å². The second kappa shape index (κ2) is 10.2. The van der Waals surface area contributed by atoms with E-state index in [9.17, 15) is 18.0 Å². The maximum Gasteiger partial charge on any atom is 0.258 e. The molecule has 0 fully saturated rings. The summed E-state index contributed by atoms with van der Waals surface area (Å²) in [5.74, 6) is -0.334. The average molecular weight is 505 g/mol. The predicted molar refractivity (Wildman–Crippen MR) is 144 cm³/mol. The van der Waals surface area contributed by atoms with Crippen molar-refractivity contribution in [2.75, 3.05) is 41.3 Å². The Morgan fingerprint density at radius 3 is 2.19 bits per heavy atom. The molecule has 3 aromatic rings. The average Bonchev–Trinajstić information content (AvgIpc) is 3.18. The lowest BCUT2D eigenvalue weighted by Crippen LogP contribution is -2.38. The number of hydrogen-bond donors (Lipinski definition) is 2. The molecule has 0 unspecified atom stereocenters. The minimum absolute atomic E-state index is 0.137. The third-order valence-corrected chi connectivity index (χ3v) is 7.18. The second-order valence-electron chi connectivity index (χ2n) is 8.56. The highest BCUT2D eigenvalue weighted by Gasteiger charge is 2.28. The highest BCUT2D eigenvalue weighted by molar-refractivity contribution is 7.92. The topological polar surface area (TPSA) is 98.8 Å². The molecule has 9 heteroatoms. The summed E-state index contributed by atoms with van der Waals surface area (Å²) in [6, 6.07) is 24.0. The van der Waals surface area contributed by atoms with Crippen LogP contribution in [0.3, 0.4) is 0 Å². The smallest absolute Gasteiger partial charge is 0.258 e. The fraction of sp³-hybridized carbons (Fsp3) is 0.185. The highest BCUT2D eigenvalue weighted by Crippen LogP contribution is 2.37. The Morgan fingerprint density at radius 1 is 0.917 bits per heavy atom. The molecule has 0 aromatic heterocycles. The van der Waals surface area contributed by atoms with Gasteiger partial charge < -0.3 is 15.5 Å². The lowest BCUT2D eigenvalue weighted by atomic mass is 10.00. The molecule has 8 nitrogen and oxygen atoms in total. The van der Waals surface area contributed by atoms with Gasteiger partial charge in [0.15, 0.2) is 0 Å². The van der Waals surface area contributed by atoms with Gasteiger partial charge >= 0.3 is 0 Å². The van der Waals surface area contributed by atoms with E-state index in [0.29, 0.717) is 22.6 Å². The molecule has 0 saturated heterocycles. The van der Waals surface area contributed by atoms with Gasteiger partial charge in [-0.1, -0.05) is 48.5 Å². The molecule has 2 amide bonds. The number of carbonyl (C=O) groups is 2. The quantitative estimate of drug-likeness (QED) is 0.454. The Labute approximate surface area is 211 Å². The first kappa shape index (κ1) is 25.0. The number of nitrogens with one attached hydrogen (secondary N) is 2. The molecular formula is C27H28N4O4S. The van der Waals surface area contributed by atoms with Crippen LogP contribution in [-0.2, 0) is 19.6 Å². The zero-order valence-electron chi connectivity index (χ0n) is 20.4. The van der Waals surface area contributed by atoms with E-state index in [1.807, 2.05) is 54.6 Å². The van der Waals surface area contributed by atoms with E-state index < -0.39 is 10.0 Å². The van der Waals surface area contributed by atoms with E-state index in [-0.39, 0.29) is 24.9 Å². The fourth-order valence-corrected chi connectivity index (χ4v) is 4.91. The Hall–Kier alpha value is -4.11. The van der Waals surface area contributed by atoms with E-state index in [0.717, 1.165) is 23.1 Å². The molecule has 1 aliphatic heterocycles. The van der Waals surface area contributed by atoms with Gasteiger partial charge in [0.1, 0.15) is 0 Å². The second-order valence-corrected chi connectivity index (χ2v) is 10.5. The standard InChI is InChI=1S/C27H28N4O4S/c1-19(32)30(2)17-18-31(36(3,34)35)22-15-13-21(14-16-22)28-26(20-9-5-4-6-10-20)25-23-11-7-8-12-24(23)29-27(25)33/h4-16,28H,17-18H2,1-3H3,(H,29,33)/b26-25-. The predicted octanol–water partition coefficient (Wildman–Crippen LogP) is 3.86. The van der Waals surface area contributed by atoms with Crippen molar-refractivity contribution in [1.29, 1.82) is 0 Å². The molecule has 36 heavy (non-hydrogen) atoms. The van der Waals surface area contributed by atoms with Crippen molar-refractivity contribution < 1.29 is 18.0 Å². The largest absolute Gasteiger partial charge is 0.354 e. The molecule has 1 aliphatic rings. The summed E-state index contributed by atoms with van der Waals surface area (Å²) < 4.78 is 26.2. The van der Waals surface area contributed by atoms with E-state index in [4.69, 9.17) is 0 Å². The van der Waals surface area contributed by atoms with Gasteiger partial charge in [-0.2, -0.15) is 0 Å². The van der Waals surface area contributed by atoms with Crippen molar-refractivity contribution in [3.05, 3.63) is 90.0 Å². The fourth-order valence-electron chi connectivity index (χ4n) is 3.99. The van der Waals surface area contributed by atoms with Crippen LogP contribution in [0.5, 0.6) is 0 Å². The number of hydrogen-bond acceptors (Lipinski definition) is 5. The van der Waals surface area contributed by atoms with Gasteiger partial charge in [-0.3, -0.25) is 13.9 Å². The van der Waals surface area contributed by atoms with Gasteiger partial charge in [-0.25, -0.2) is 8.42 Å². The minimum atomic E-state index is -3.56. The molecule has 4 rings (SSSR count). The van der Waals surface area contributed by atoms with Crippen LogP contribution in [0, 0.1) is 0 Å². The third-order valence-electron chi connectivity index (χ3n) is 5.99. The maximum absolute atomic E-state index is 13.0. The Bertz CT molecular complexity index is 1420. The summed E-state index contributed by atoms with van der Waals surface area (Å²) in [7, 11) is -1.93. The molecular weight excluding hydrogens is 476 g/mol. The Kier molecular flexibility index (Phi) is 7.12. The van der Waals surface area contributed by atoms with Crippen molar-refractivity contribution in [3.63, 3.8) is 0 Å². The van der Waals surface area contributed by atoms with Gasteiger partial charge in [0.25, 0.3) is 5.91 Å². The number of rotatable bonds is 8. The number of sulfonamides is 1. The van der Waals surface area contributed by atoms with Crippen molar-refractivity contribution in [1.82, 2.24) is 4.90 Å². The van der Waals surface area contributed by atoms with Gasteiger partial charge in [0.05, 0.1) is 29.8 Å². The molecule has 3 aromatic carbocycles. The van der Waals surface area contributed by atoms with Crippen LogP contribution in [0.25, 0.3) is 11.3 Å². The Morgan fingerprint density at radius 2 is 1.56 bits per heavy atom. The summed E-state index contributed by atoms with van der Waals surface area (Å²) in [5.41, 5.74) is 4.76. The molecule has 0 bridgehead atoms. The molecule has 1 heterocycles. The van der Waals surface area contributed by atoms with Gasteiger partial charge in [0, 0.05) is 37.5 Å². The van der Waals surface area contributed by atoms with Crippen LogP contribution in [0.4, 0.5) is 17.1 Å². The lowest BCUT2D eigenvalue weighted by Gasteiger charge is -2.25. The van der Waals surface area contributed by atoms with E-state index in [1.54, 1.807) is 31.3 Å². The zero-order valence-corrected chi connectivity index (χ0v) is 21.2. The summed E-state index contributed by atoms with van der Waals surface area (Å²) >= 11 is 0. The van der Waals surface area contributed by atoms with Crippen LogP contribution < -0.4 is 14.9 Å². The first-order chi connectivity index (χ1) is 17.1. The number of nitrogens with zero attached hydrogens (tertiary/aromatic N) is 2. The molecule has 0 spiro atoms. The molecule has 2 N–H and O–H groups in total. The monoisotopic (exact) mass is 504 g/mol. The summed E-state index contributed by atoms with van der Waals surface area (Å²) in [6.07, 6.45) is 1.14. The van der Waals surface area contributed by atoms with Crippen LogP contribution in [0.2, 0.25) is 0 Å². The number of likely N-dealkylation sites (N-methyl/N-ethyl adjacent to an activating group) is 1. The molecule has 0 radical (unpaired) electrons. The van der Waals surface area contributed by atoms with Crippen molar-refractivity contribution in [3.8, 4) is 0 Å². The molecule has 0 aliphatic carbocycles. The number of para-hydroxylation sites is 1. The first-order valence-corrected chi connectivity index (χ1v) is 13.3. The summed E-state index contributed by atoms with van der Waals surface area (Å²) in [4.78, 5) is 26.0. The van der Waals surface area contributed by atoms with Crippen molar-refractivity contribution in [2.24, 2.45) is 0 Å². The van der Waals surface area contributed by atoms with E-state index in [2.05, 4.69) is 10.6 Å². The van der Waals surface area contributed by atoms with E-state index >= 15 is 0 Å². The molecule has 186 valence electrons. The van der Waals surface area contributed by atoms with Crippen LogP contribution in [-0.4, -0.2) is 51.5 Å². The van der Waals surface area contributed by atoms with E-state index in [1.165, 1.54) is 16.1 Å². The third kappa shape index (κ3) is 5.41. The van der Waals surface area contributed by atoms with Crippen molar-refractivity contribution >= 4 is 50.2 Å². The van der Waals surface area contributed by atoms with Crippen LogP contribution >= 0.6 is 0 Å². The summed E-state index contributed by atoms with van der Waals surface area (Å²) in [5, 5.41) is 6.29. The van der Waals surface area contributed by atoms with Gasteiger partial charge in [-0.05, 0) is 35.9 Å². The lowest BCUT2D eigenvalue weighted by molar-refractivity contribution is -0.127. The molecule has 0 atom stereocenters. The van der Waals surface area contributed by atoms with Gasteiger partial charge in [0.2, 0.25) is 15.9 Å². The SMILES string of the molecule is CC(=O)N(C)CCN(c1ccc(N/C(=C2\C(=O)Nc3ccccc32)c2ccccc2)cc1)S(C)(=O)=O. The van der Waals surface area contributed by atoms with Crippen LogP contribution in [0.1, 0.15) is 18.1 Å². The maximum atomic E-state index is 13.0. The first-order valence-electron chi connectivity index (χ1n) is 11.4. The molecule has 0 saturated carbocycles. The number of anilines is 3. The number of benzene rings is 3. The normalized spacial score (nSPS) is 14.0. The van der Waals surface area contributed by atoms with Gasteiger partial charge in [-0.15, -0.1) is 0 Å². The number of fused-ring (bicyclic) bond motifs is 1. The highest BCUT2D eigenvalue weighted by atomic mass is 32.2. The Balaban J connectivity index is 1.68. The minimum Gasteiger partial charge on any atom is -0.354 e. The van der Waals surface area contributed by atoms with Crippen molar-refractivity contribution in [2.45, 2.75) is 6.92 Å². The number of amides is 2.